The molecular formula is C15H16O2. The van der Waals surface area contributed by atoms with E-state index in [4.69, 9.17) is 9.84 Å². The third-order valence-corrected chi connectivity index (χ3v) is 2.79. The van der Waals surface area contributed by atoms with E-state index in [1.165, 1.54) is 0 Å². The van der Waals surface area contributed by atoms with Gasteiger partial charge >= 0.3 is 0 Å². The number of aliphatic hydroxyl groups excluding tert-OH is 1. The molecular weight excluding hydrogens is 212 g/mol. The number of rotatable bonds is 3. The van der Waals surface area contributed by atoms with Crippen LogP contribution >= 0.6 is 0 Å². The summed E-state index contributed by atoms with van der Waals surface area (Å²) >= 11 is 0. The number of fused-ring (bicyclic) bond motifs is 1. The first-order valence-electron chi connectivity index (χ1n) is 5.60. The normalized spacial score (nSPS) is 11.8. The Kier molecular flexibility index (Phi) is 3.45. The number of hydrogen-bond acceptors (Lipinski definition) is 2. The molecule has 0 aliphatic rings. The number of ether oxygens (including phenoxy) is 1. The Morgan fingerprint density at radius 2 is 1.88 bits per heavy atom. The van der Waals surface area contributed by atoms with Gasteiger partial charge in [-0.2, -0.15) is 0 Å². The third kappa shape index (κ3) is 2.32. The summed E-state index contributed by atoms with van der Waals surface area (Å²) in [6.45, 7) is 2.00. The van der Waals surface area contributed by atoms with Gasteiger partial charge in [0.05, 0.1) is 13.7 Å². The van der Waals surface area contributed by atoms with Gasteiger partial charge in [0.25, 0.3) is 0 Å². The highest BCUT2D eigenvalue weighted by atomic mass is 16.5. The maximum Gasteiger partial charge on any atom is 0.126 e. The summed E-state index contributed by atoms with van der Waals surface area (Å²) in [6.07, 6.45) is 2.00. The predicted octanol–water partition coefficient (Wildman–Crippen LogP) is 3.24. The van der Waals surface area contributed by atoms with Crippen molar-refractivity contribution in [3.05, 3.63) is 47.5 Å². The standard InChI is InChI=1S/C15H16O2/c1-11(10-16)9-12-7-8-15(17-2)14-6-4-3-5-13(12)14/h3-9,16H,10H2,1-2H3. The van der Waals surface area contributed by atoms with Crippen molar-refractivity contribution in [2.75, 3.05) is 13.7 Å². The molecule has 0 unspecified atom stereocenters. The predicted molar refractivity (Wildman–Crippen MR) is 71.2 cm³/mol. The molecule has 2 aromatic rings. The van der Waals surface area contributed by atoms with Gasteiger partial charge in [-0.15, -0.1) is 0 Å². The molecule has 2 heteroatoms. The fraction of sp³-hybridized carbons (Fsp3) is 0.200. The van der Waals surface area contributed by atoms with E-state index in [0.717, 1.165) is 27.7 Å². The van der Waals surface area contributed by atoms with Gasteiger partial charge in [-0.3, -0.25) is 0 Å². The van der Waals surface area contributed by atoms with Crippen molar-refractivity contribution >= 4 is 16.8 Å². The van der Waals surface area contributed by atoms with Crippen molar-refractivity contribution in [3.8, 4) is 5.75 Å². The number of hydrogen-bond donors (Lipinski definition) is 1. The highest BCUT2D eigenvalue weighted by Gasteiger charge is 2.04. The lowest BCUT2D eigenvalue weighted by Crippen LogP contribution is -1.88. The van der Waals surface area contributed by atoms with Crippen molar-refractivity contribution in [1.82, 2.24) is 0 Å². The van der Waals surface area contributed by atoms with Crippen LogP contribution in [-0.2, 0) is 0 Å². The summed E-state index contributed by atoms with van der Waals surface area (Å²) in [7, 11) is 1.68. The smallest absolute Gasteiger partial charge is 0.126 e. The van der Waals surface area contributed by atoms with Crippen molar-refractivity contribution in [1.29, 1.82) is 0 Å². The first-order valence-corrected chi connectivity index (χ1v) is 5.60. The molecule has 0 heterocycles. The van der Waals surface area contributed by atoms with E-state index >= 15 is 0 Å². The van der Waals surface area contributed by atoms with E-state index in [1.807, 2.05) is 43.3 Å². The lowest BCUT2D eigenvalue weighted by atomic mass is 10.0. The van der Waals surface area contributed by atoms with E-state index in [1.54, 1.807) is 7.11 Å². The summed E-state index contributed by atoms with van der Waals surface area (Å²) in [4.78, 5) is 0. The molecule has 0 bridgehead atoms. The largest absolute Gasteiger partial charge is 0.496 e. The van der Waals surface area contributed by atoms with Gasteiger partial charge < -0.3 is 9.84 Å². The summed E-state index contributed by atoms with van der Waals surface area (Å²) in [5.74, 6) is 0.874. The lowest BCUT2D eigenvalue weighted by Gasteiger charge is -2.08. The van der Waals surface area contributed by atoms with Gasteiger partial charge in [0.2, 0.25) is 0 Å². The Bertz CT molecular complexity index is 556. The summed E-state index contributed by atoms with van der Waals surface area (Å²) in [6, 6.07) is 12.1. The topological polar surface area (TPSA) is 29.5 Å². The molecule has 0 radical (unpaired) electrons. The van der Waals surface area contributed by atoms with Crippen molar-refractivity contribution in [3.63, 3.8) is 0 Å². The Morgan fingerprint density at radius 3 is 2.53 bits per heavy atom. The molecule has 2 nitrogen and oxygen atoms in total. The van der Waals surface area contributed by atoms with Crippen LogP contribution in [-0.4, -0.2) is 18.8 Å². The highest BCUT2D eigenvalue weighted by Crippen LogP contribution is 2.29. The van der Waals surface area contributed by atoms with E-state index in [-0.39, 0.29) is 6.61 Å². The molecule has 0 atom stereocenters. The van der Waals surface area contributed by atoms with E-state index in [0.29, 0.717) is 0 Å². The zero-order valence-electron chi connectivity index (χ0n) is 10.1. The molecule has 0 fully saturated rings. The maximum absolute atomic E-state index is 9.08. The number of benzene rings is 2. The molecule has 17 heavy (non-hydrogen) atoms. The van der Waals surface area contributed by atoms with Gasteiger partial charge in [0.15, 0.2) is 0 Å². The highest BCUT2D eigenvalue weighted by molar-refractivity contribution is 5.95. The van der Waals surface area contributed by atoms with Crippen LogP contribution in [0.15, 0.2) is 42.0 Å². The molecule has 2 aromatic carbocycles. The number of methoxy groups -OCH3 is 1. The van der Waals surface area contributed by atoms with E-state index in [2.05, 4.69) is 6.07 Å². The molecule has 88 valence electrons. The molecule has 0 saturated heterocycles. The van der Waals surface area contributed by atoms with Gasteiger partial charge in [-0.05, 0) is 29.5 Å². The van der Waals surface area contributed by atoms with Crippen LogP contribution in [0.25, 0.3) is 16.8 Å². The molecule has 1 N–H and O–H groups in total. The Balaban J connectivity index is 2.67. The minimum absolute atomic E-state index is 0.0837. The second kappa shape index (κ2) is 5.02. The Hall–Kier alpha value is -1.80. The lowest BCUT2D eigenvalue weighted by molar-refractivity contribution is 0.332. The molecule has 0 aliphatic carbocycles. The SMILES string of the molecule is COc1ccc(C=C(C)CO)c2ccccc12. The third-order valence-electron chi connectivity index (χ3n) is 2.79. The van der Waals surface area contributed by atoms with E-state index < -0.39 is 0 Å². The fourth-order valence-electron chi connectivity index (χ4n) is 1.91. The minimum Gasteiger partial charge on any atom is -0.496 e. The second-order valence-electron chi connectivity index (χ2n) is 4.05. The first-order chi connectivity index (χ1) is 8.26. The van der Waals surface area contributed by atoms with Crippen LogP contribution < -0.4 is 4.74 Å². The summed E-state index contributed by atoms with van der Waals surface area (Å²) in [5, 5.41) is 11.3. The van der Waals surface area contributed by atoms with Crippen LogP contribution in [0, 0.1) is 0 Å². The van der Waals surface area contributed by atoms with Gasteiger partial charge in [-0.25, -0.2) is 0 Å². The monoisotopic (exact) mass is 228 g/mol. The van der Waals surface area contributed by atoms with Crippen LogP contribution in [0.5, 0.6) is 5.75 Å². The molecule has 0 saturated carbocycles. The average Bonchev–Trinajstić information content (AvgIpc) is 2.39. The molecule has 0 aromatic heterocycles. The van der Waals surface area contributed by atoms with Crippen LogP contribution in [0.2, 0.25) is 0 Å². The first kappa shape index (κ1) is 11.7. The Labute approximate surface area is 101 Å². The van der Waals surface area contributed by atoms with Crippen molar-refractivity contribution < 1.29 is 9.84 Å². The molecule has 2 rings (SSSR count). The molecule has 0 aliphatic heterocycles. The zero-order chi connectivity index (χ0) is 12.3. The van der Waals surface area contributed by atoms with Crippen molar-refractivity contribution in [2.24, 2.45) is 0 Å². The van der Waals surface area contributed by atoms with Gasteiger partial charge in [0.1, 0.15) is 5.75 Å². The molecule has 0 amide bonds. The minimum atomic E-state index is 0.0837. The summed E-state index contributed by atoms with van der Waals surface area (Å²) in [5.41, 5.74) is 2.05. The zero-order valence-corrected chi connectivity index (χ0v) is 10.1. The van der Waals surface area contributed by atoms with Gasteiger partial charge in [0, 0.05) is 5.39 Å². The average molecular weight is 228 g/mol. The van der Waals surface area contributed by atoms with Crippen molar-refractivity contribution in [2.45, 2.75) is 6.92 Å². The van der Waals surface area contributed by atoms with Crippen LogP contribution in [0.3, 0.4) is 0 Å². The number of aliphatic hydroxyl groups is 1. The second-order valence-corrected chi connectivity index (χ2v) is 4.05. The van der Waals surface area contributed by atoms with Gasteiger partial charge in [-0.1, -0.05) is 36.4 Å². The van der Waals surface area contributed by atoms with Crippen LogP contribution in [0.4, 0.5) is 0 Å². The van der Waals surface area contributed by atoms with Crippen LogP contribution in [0.1, 0.15) is 12.5 Å². The van der Waals surface area contributed by atoms with E-state index in [9.17, 15) is 0 Å². The quantitative estimate of drug-likeness (QED) is 0.873. The maximum atomic E-state index is 9.08. The summed E-state index contributed by atoms with van der Waals surface area (Å²) < 4.78 is 5.34. The Morgan fingerprint density at radius 1 is 1.18 bits per heavy atom. The molecule has 0 spiro atoms. The fourth-order valence-corrected chi connectivity index (χ4v) is 1.91.